The molecular formula is C25H26N4O6S. The van der Waals surface area contributed by atoms with Gasteiger partial charge in [-0.15, -0.1) is 0 Å². The molecule has 10 nitrogen and oxygen atoms in total. The van der Waals surface area contributed by atoms with Crippen LogP contribution < -0.4 is 20.4 Å². The third kappa shape index (κ3) is 5.74. The monoisotopic (exact) mass is 510 g/mol. The molecule has 0 radical (unpaired) electrons. The predicted octanol–water partition coefficient (Wildman–Crippen LogP) is 2.76. The van der Waals surface area contributed by atoms with E-state index in [-0.39, 0.29) is 17.3 Å². The SMILES string of the molecule is Cc1ccc(S(=O)(=O)N/N=C2\CCCc3oc(C(=O)NNC(=O)COc4ccccc4)c(C)c32)cc1. The van der Waals surface area contributed by atoms with Crippen LogP contribution in [0.3, 0.4) is 0 Å². The zero-order valence-corrected chi connectivity index (χ0v) is 20.6. The molecule has 0 aliphatic heterocycles. The predicted molar refractivity (Wildman–Crippen MR) is 132 cm³/mol. The lowest BCUT2D eigenvalue weighted by Crippen LogP contribution is -2.43. The molecule has 1 heterocycles. The Labute approximate surface area is 208 Å². The molecule has 3 aromatic rings. The number of para-hydroxylation sites is 1. The zero-order chi connectivity index (χ0) is 25.7. The van der Waals surface area contributed by atoms with Gasteiger partial charge in [-0.25, -0.2) is 0 Å². The number of fused-ring (bicyclic) bond motifs is 1. The van der Waals surface area contributed by atoms with Crippen molar-refractivity contribution in [1.82, 2.24) is 15.7 Å². The Kier molecular flexibility index (Phi) is 7.39. The molecule has 4 rings (SSSR count). The number of rotatable bonds is 7. The number of sulfonamides is 1. The van der Waals surface area contributed by atoms with E-state index in [1.54, 1.807) is 43.3 Å². The van der Waals surface area contributed by atoms with E-state index in [0.717, 1.165) is 5.56 Å². The molecule has 1 aliphatic rings. The highest BCUT2D eigenvalue weighted by molar-refractivity contribution is 7.89. The topological polar surface area (TPSA) is 139 Å². The molecular weight excluding hydrogens is 484 g/mol. The fraction of sp³-hybridized carbons (Fsp3) is 0.240. The van der Waals surface area contributed by atoms with Crippen molar-refractivity contribution in [3.63, 3.8) is 0 Å². The Morgan fingerprint density at radius 1 is 1.00 bits per heavy atom. The fourth-order valence-corrected chi connectivity index (χ4v) is 4.60. The minimum atomic E-state index is -3.85. The van der Waals surface area contributed by atoms with Crippen LogP contribution in [0.1, 0.15) is 45.8 Å². The minimum absolute atomic E-state index is 0.0141. The fourth-order valence-electron chi connectivity index (χ4n) is 3.77. The van der Waals surface area contributed by atoms with Crippen molar-refractivity contribution < 1.29 is 27.2 Å². The number of benzene rings is 2. The average molecular weight is 511 g/mol. The van der Waals surface area contributed by atoms with E-state index in [1.807, 2.05) is 13.0 Å². The quantitative estimate of drug-likeness (QED) is 0.418. The summed E-state index contributed by atoms with van der Waals surface area (Å²) in [7, 11) is -3.85. The molecule has 11 heteroatoms. The van der Waals surface area contributed by atoms with Crippen LogP contribution in [-0.4, -0.2) is 32.6 Å². The molecule has 1 aromatic heterocycles. The number of hydrogen-bond acceptors (Lipinski definition) is 7. The highest BCUT2D eigenvalue weighted by atomic mass is 32.2. The third-order valence-corrected chi connectivity index (χ3v) is 6.82. The van der Waals surface area contributed by atoms with Crippen LogP contribution in [0.4, 0.5) is 0 Å². The van der Waals surface area contributed by atoms with Gasteiger partial charge in [0.1, 0.15) is 11.5 Å². The molecule has 0 fully saturated rings. The van der Waals surface area contributed by atoms with E-state index in [4.69, 9.17) is 9.15 Å². The van der Waals surface area contributed by atoms with E-state index < -0.39 is 21.8 Å². The molecule has 0 spiro atoms. The van der Waals surface area contributed by atoms with Crippen molar-refractivity contribution >= 4 is 27.5 Å². The molecule has 0 saturated heterocycles. The van der Waals surface area contributed by atoms with Crippen LogP contribution in [0.5, 0.6) is 5.75 Å². The average Bonchev–Trinajstić information content (AvgIpc) is 3.22. The van der Waals surface area contributed by atoms with Crippen molar-refractivity contribution in [2.45, 2.75) is 38.0 Å². The number of aryl methyl sites for hydroxylation is 2. The largest absolute Gasteiger partial charge is 0.484 e. The number of carbonyl (C=O) groups excluding carboxylic acids is 2. The second-order valence-corrected chi connectivity index (χ2v) is 9.94. The minimum Gasteiger partial charge on any atom is -0.484 e. The van der Waals surface area contributed by atoms with Crippen molar-refractivity contribution in [2.24, 2.45) is 5.10 Å². The molecule has 0 bridgehead atoms. The van der Waals surface area contributed by atoms with Gasteiger partial charge in [-0.2, -0.15) is 18.4 Å². The molecule has 3 N–H and O–H groups in total. The summed E-state index contributed by atoms with van der Waals surface area (Å²) < 4.78 is 36.4. The molecule has 0 saturated carbocycles. The molecule has 2 amide bonds. The number of nitrogens with one attached hydrogen (secondary N) is 3. The van der Waals surface area contributed by atoms with Gasteiger partial charge >= 0.3 is 5.91 Å². The molecule has 0 unspecified atom stereocenters. The first-order valence-corrected chi connectivity index (χ1v) is 12.8. The number of hydrogen-bond donors (Lipinski definition) is 3. The summed E-state index contributed by atoms with van der Waals surface area (Å²) in [5, 5.41) is 4.16. The third-order valence-electron chi connectivity index (χ3n) is 5.59. The first-order valence-electron chi connectivity index (χ1n) is 11.3. The summed E-state index contributed by atoms with van der Waals surface area (Å²) in [6, 6.07) is 15.2. The van der Waals surface area contributed by atoms with Gasteiger partial charge < -0.3 is 9.15 Å². The maximum absolute atomic E-state index is 12.7. The number of carbonyl (C=O) groups is 2. The van der Waals surface area contributed by atoms with Crippen LogP contribution in [-0.2, 0) is 21.2 Å². The first-order chi connectivity index (χ1) is 17.2. The second kappa shape index (κ2) is 10.6. The maximum atomic E-state index is 12.7. The van der Waals surface area contributed by atoms with E-state index in [0.29, 0.717) is 47.6 Å². The highest BCUT2D eigenvalue weighted by Crippen LogP contribution is 2.30. The number of hydrazine groups is 1. The lowest BCUT2D eigenvalue weighted by Gasteiger charge is -2.14. The van der Waals surface area contributed by atoms with Crippen LogP contribution in [0.15, 0.2) is 69.0 Å². The van der Waals surface area contributed by atoms with E-state index in [1.165, 1.54) is 12.1 Å². The summed E-state index contributed by atoms with van der Waals surface area (Å²) >= 11 is 0. The Balaban J connectivity index is 1.43. The lowest BCUT2D eigenvalue weighted by atomic mass is 9.93. The van der Waals surface area contributed by atoms with E-state index >= 15 is 0 Å². The Bertz CT molecular complexity index is 1400. The van der Waals surface area contributed by atoms with Crippen molar-refractivity contribution in [1.29, 1.82) is 0 Å². The first kappa shape index (κ1) is 25.0. The van der Waals surface area contributed by atoms with Gasteiger partial charge in [-0.05, 0) is 51.0 Å². The summed E-state index contributed by atoms with van der Waals surface area (Å²) in [5.41, 5.74) is 7.13. The number of amides is 2. The summed E-state index contributed by atoms with van der Waals surface area (Å²) in [5.74, 6) is -0.113. The van der Waals surface area contributed by atoms with E-state index in [2.05, 4.69) is 20.8 Å². The van der Waals surface area contributed by atoms with E-state index in [9.17, 15) is 18.0 Å². The van der Waals surface area contributed by atoms with Crippen molar-refractivity contribution in [3.05, 3.63) is 82.8 Å². The number of nitrogens with zero attached hydrogens (tertiary/aromatic N) is 1. The molecule has 1 aliphatic carbocycles. The molecule has 0 atom stereocenters. The Hall–Kier alpha value is -4.12. The van der Waals surface area contributed by atoms with Gasteiger partial charge in [0, 0.05) is 17.5 Å². The standard InChI is InChI=1S/C25H26N4O6S/c1-16-11-13-19(14-12-16)36(32,33)29-26-20-9-6-10-21-23(20)17(2)24(35-21)25(31)28-27-22(30)15-34-18-7-4-3-5-8-18/h3-5,7-8,11-14,29H,6,9-10,15H2,1-2H3,(H,27,30)(H,28,31)/b26-20+. The van der Waals surface area contributed by atoms with Crippen molar-refractivity contribution in [3.8, 4) is 5.75 Å². The number of ether oxygens (including phenoxy) is 1. The van der Waals surface area contributed by atoms with Gasteiger partial charge in [-0.1, -0.05) is 35.9 Å². The van der Waals surface area contributed by atoms with Crippen LogP contribution in [0, 0.1) is 13.8 Å². The number of furan rings is 1. The van der Waals surface area contributed by atoms with Gasteiger partial charge in [0.25, 0.3) is 15.9 Å². The number of hydrazone groups is 1. The zero-order valence-electron chi connectivity index (χ0n) is 19.8. The van der Waals surface area contributed by atoms with Gasteiger partial charge in [0.05, 0.1) is 10.6 Å². The summed E-state index contributed by atoms with van der Waals surface area (Å²) in [6.07, 6.45) is 1.77. The lowest BCUT2D eigenvalue weighted by molar-refractivity contribution is -0.123. The maximum Gasteiger partial charge on any atom is 0.305 e. The summed E-state index contributed by atoms with van der Waals surface area (Å²) in [4.78, 5) is 27.1. The molecule has 36 heavy (non-hydrogen) atoms. The molecule has 2 aromatic carbocycles. The van der Waals surface area contributed by atoms with Gasteiger partial charge in [0.2, 0.25) is 0 Å². The Morgan fingerprint density at radius 2 is 1.72 bits per heavy atom. The van der Waals surface area contributed by atoms with Crippen molar-refractivity contribution in [2.75, 3.05) is 6.61 Å². The Morgan fingerprint density at radius 3 is 2.44 bits per heavy atom. The molecule has 188 valence electrons. The second-order valence-electron chi connectivity index (χ2n) is 8.28. The normalized spacial score (nSPS) is 14.1. The van der Waals surface area contributed by atoms with Crippen LogP contribution in [0.2, 0.25) is 0 Å². The highest BCUT2D eigenvalue weighted by Gasteiger charge is 2.28. The van der Waals surface area contributed by atoms with Gasteiger partial charge in [-0.3, -0.25) is 20.4 Å². The van der Waals surface area contributed by atoms with Crippen LogP contribution in [0.25, 0.3) is 0 Å². The van der Waals surface area contributed by atoms with Crippen LogP contribution >= 0.6 is 0 Å². The smallest absolute Gasteiger partial charge is 0.305 e. The summed E-state index contributed by atoms with van der Waals surface area (Å²) in [6.45, 7) is 3.27. The van der Waals surface area contributed by atoms with Gasteiger partial charge in [0.15, 0.2) is 12.4 Å².